The lowest BCUT2D eigenvalue weighted by atomic mass is 10.2. The van der Waals surface area contributed by atoms with Gasteiger partial charge in [-0.25, -0.2) is 4.98 Å². The highest BCUT2D eigenvalue weighted by Crippen LogP contribution is 2.30. The van der Waals surface area contributed by atoms with E-state index in [0.717, 1.165) is 0 Å². The number of aromatic nitrogens is 3. The number of anilines is 1. The van der Waals surface area contributed by atoms with Crippen LogP contribution in [0.2, 0.25) is 0 Å². The molecule has 0 bridgehead atoms. The number of H-pyrrole nitrogens is 1. The molecular weight excluding hydrogens is 342 g/mol. The molecule has 0 aliphatic carbocycles. The Labute approximate surface area is 128 Å². The Bertz CT molecular complexity index is 713. The van der Waals surface area contributed by atoms with Gasteiger partial charge in [0.15, 0.2) is 0 Å². The third-order valence-corrected chi connectivity index (χ3v) is 3.46. The van der Waals surface area contributed by atoms with E-state index in [-0.39, 0.29) is 11.5 Å². The number of benzene rings is 1. The molecule has 0 radical (unpaired) electrons. The molecule has 0 fully saturated rings. The summed E-state index contributed by atoms with van der Waals surface area (Å²) in [5, 5.41) is 19.9. The molecule has 9 heteroatoms. The average molecular weight is 354 g/mol. The minimum absolute atomic E-state index is 0.0121. The predicted octanol–water partition coefficient (Wildman–Crippen LogP) is 2.60. The number of hydrogen-bond acceptors (Lipinski definition) is 5. The van der Waals surface area contributed by atoms with Crippen LogP contribution in [-0.4, -0.2) is 26.0 Å². The Hall–Kier alpha value is -2.29. The number of nitro benzene ring substituents is 1. The molecule has 8 nitrogen and oxygen atoms in total. The van der Waals surface area contributed by atoms with Gasteiger partial charge in [0.1, 0.15) is 5.82 Å². The van der Waals surface area contributed by atoms with E-state index in [9.17, 15) is 14.9 Å². The van der Waals surface area contributed by atoms with Gasteiger partial charge in [-0.1, -0.05) is 6.92 Å². The maximum atomic E-state index is 12.0. The fraction of sp³-hybridized carbons (Fsp3) is 0.250. The van der Waals surface area contributed by atoms with Crippen molar-refractivity contribution in [2.75, 3.05) is 5.32 Å². The number of nitro groups is 1. The van der Waals surface area contributed by atoms with Crippen LogP contribution in [-0.2, 0) is 6.42 Å². The zero-order valence-electron chi connectivity index (χ0n) is 11.3. The molecule has 1 heterocycles. The average Bonchev–Trinajstić information content (AvgIpc) is 2.90. The molecule has 1 aromatic heterocycles. The number of aromatic amines is 1. The van der Waals surface area contributed by atoms with Crippen molar-refractivity contribution >= 4 is 33.2 Å². The first-order chi connectivity index (χ1) is 9.92. The molecule has 0 aliphatic rings. The first-order valence-electron chi connectivity index (χ1n) is 6.09. The van der Waals surface area contributed by atoms with Crippen molar-refractivity contribution in [2.45, 2.75) is 20.3 Å². The molecule has 0 unspecified atom stereocenters. The SMILES string of the molecule is CCc1nc(C(=O)Nc2cc([N+](=O)[O-])c(C)cc2Br)n[nH]1. The molecule has 110 valence electrons. The first-order valence-corrected chi connectivity index (χ1v) is 6.88. The Morgan fingerprint density at radius 2 is 2.24 bits per heavy atom. The van der Waals surface area contributed by atoms with Gasteiger partial charge in [0.2, 0.25) is 5.82 Å². The standard InChI is InChI=1S/C12H12BrN5O3/c1-3-10-15-11(17-16-10)12(19)14-8-5-9(18(20)21)6(2)4-7(8)13/h4-5H,3H2,1-2H3,(H,14,19)(H,15,16,17). The number of nitrogens with zero attached hydrogens (tertiary/aromatic N) is 3. The largest absolute Gasteiger partial charge is 0.318 e. The van der Waals surface area contributed by atoms with Gasteiger partial charge in [-0.2, -0.15) is 0 Å². The number of halogens is 1. The van der Waals surface area contributed by atoms with Crippen LogP contribution in [0.5, 0.6) is 0 Å². The van der Waals surface area contributed by atoms with Crippen LogP contribution in [0.25, 0.3) is 0 Å². The lowest BCUT2D eigenvalue weighted by Crippen LogP contribution is -2.14. The van der Waals surface area contributed by atoms with E-state index in [1.165, 1.54) is 6.07 Å². The Kier molecular flexibility index (Phi) is 4.32. The van der Waals surface area contributed by atoms with Gasteiger partial charge in [0.25, 0.3) is 11.6 Å². The fourth-order valence-electron chi connectivity index (χ4n) is 1.69. The summed E-state index contributed by atoms with van der Waals surface area (Å²) in [5.74, 6) is 0.0425. The molecular formula is C12H12BrN5O3. The summed E-state index contributed by atoms with van der Waals surface area (Å²) in [6.07, 6.45) is 0.625. The van der Waals surface area contributed by atoms with Crippen LogP contribution >= 0.6 is 15.9 Å². The van der Waals surface area contributed by atoms with E-state index in [1.54, 1.807) is 13.0 Å². The molecule has 21 heavy (non-hydrogen) atoms. The second kappa shape index (κ2) is 6.00. The molecule has 0 saturated carbocycles. The van der Waals surface area contributed by atoms with Crippen LogP contribution in [0.3, 0.4) is 0 Å². The van der Waals surface area contributed by atoms with Crippen LogP contribution < -0.4 is 5.32 Å². The minimum atomic E-state index is -0.537. The summed E-state index contributed by atoms with van der Waals surface area (Å²) >= 11 is 3.26. The second-order valence-corrected chi connectivity index (χ2v) is 5.14. The van der Waals surface area contributed by atoms with Gasteiger partial charge in [0.05, 0.1) is 10.6 Å². The molecule has 0 atom stereocenters. The number of amides is 1. The fourth-order valence-corrected chi connectivity index (χ4v) is 2.24. The van der Waals surface area contributed by atoms with Crippen LogP contribution in [0.4, 0.5) is 11.4 Å². The van der Waals surface area contributed by atoms with E-state index >= 15 is 0 Å². The normalized spacial score (nSPS) is 10.4. The molecule has 2 aromatic rings. The zero-order chi connectivity index (χ0) is 15.6. The second-order valence-electron chi connectivity index (χ2n) is 4.29. The third-order valence-electron chi connectivity index (χ3n) is 2.80. The maximum absolute atomic E-state index is 12.0. The lowest BCUT2D eigenvalue weighted by Gasteiger charge is -2.07. The van der Waals surface area contributed by atoms with Gasteiger partial charge in [-0.3, -0.25) is 20.0 Å². The summed E-state index contributed by atoms with van der Waals surface area (Å²) in [6, 6.07) is 2.87. The predicted molar refractivity (Wildman–Crippen MR) is 79.2 cm³/mol. The highest BCUT2D eigenvalue weighted by Gasteiger charge is 2.18. The smallest absolute Gasteiger partial charge is 0.295 e. The van der Waals surface area contributed by atoms with E-state index in [1.807, 2.05) is 6.92 Å². The van der Waals surface area contributed by atoms with Crippen molar-refractivity contribution in [2.24, 2.45) is 0 Å². The van der Waals surface area contributed by atoms with E-state index in [0.29, 0.717) is 28.0 Å². The molecule has 0 aliphatic heterocycles. The number of carbonyl (C=O) groups is 1. The summed E-state index contributed by atoms with van der Waals surface area (Å²) in [6.45, 7) is 3.50. The number of nitrogens with one attached hydrogen (secondary N) is 2. The highest BCUT2D eigenvalue weighted by atomic mass is 79.9. The zero-order valence-corrected chi connectivity index (χ0v) is 12.9. The molecule has 2 N–H and O–H groups in total. The van der Waals surface area contributed by atoms with Crippen molar-refractivity contribution < 1.29 is 9.72 Å². The Morgan fingerprint density at radius 1 is 1.52 bits per heavy atom. The maximum Gasteiger partial charge on any atom is 0.295 e. The van der Waals surface area contributed by atoms with Gasteiger partial charge < -0.3 is 5.32 Å². The third kappa shape index (κ3) is 3.24. The lowest BCUT2D eigenvalue weighted by molar-refractivity contribution is -0.385. The van der Waals surface area contributed by atoms with Gasteiger partial charge in [-0.15, -0.1) is 5.10 Å². The summed E-state index contributed by atoms with van der Waals surface area (Å²) in [5.41, 5.74) is 0.717. The first kappa shape index (κ1) is 15.1. The van der Waals surface area contributed by atoms with Gasteiger partial charge in [-0.05, 0) is 28.9 Å². The topological polar surface area (TPSA) is 114 Å². The molecule has 0 spiro atoms. The highest BCUT2D eigenvalue weighted by molar-refractivity contribution is 9.10. The number of aryl methyl sites for hydroxylation is 2. The van der Waals surface area contributed by atoms with Crippen LogP contribution in [0.1, 0.15) is 28.9 Å². The summed E-state index contributed by atoms with van der Waals surface area (Å²) in [7, 11) is 0. The molecule has 1 aromatic carbocycles. The summed E-state index contributed by atoms with van der Waals surface area (Å²) < 4.78 is 0.546. The van der Waals surface area contributed by atoms with E-state index < -0.39 is 10.8 Å². The van der Waals surface area contributed by atoms with Crippen molar-refractivity contribution in [3.63, 3.8) is 0 Å². The van der Waals surface area contributed by atoms with Gasteiger partial charge in [0, 0.05) is 22.5 Å². The number of rotatable bonds is 4. The Balaban J connectivity index is 2.28. The van der Waals surface area contributed by atoms with E-state index in [2.05, 4.69) is 36.4 Å². The Morgan fingerprint density at radius 3 is 2.81 bits per heavy atom. The van der Waals surface area contributed by atoms with Crippen LogP contribution in [0.15, 0.2) is 16.6 Å². The summed E-state index contributed by atoms with van der Waals surface area (Å²) in [4.78, 5) is 26.4. The van der Waals surface area contributed by atoms with Crippen molar-refractivity contribution in [1.29, 1.82) is 0 Å². The molecule has 2 rings (SSSR count). The number of carbonyl (C=O) groups excluding carboxylic acids is 1. The quantitative estimate of drug-likeness (QED) is 0.647. The van der Waals surface area contributed by atoms with Crippen molar-refractivity contribution in [1.82, 2.24) is 15.2 Å². The van der Waals surface area contributed by atoms with Crippen LogP contribution in [0, 0.1) is 17.0 Å². The van der Waals surface area contributed by atoms with E-state index in [4.69, 9.17) is 0 Å². The molecule has 0 saturated heterocycles. The molecule has 1 amide bonds. The minimum Gasteiger partial charge on any atom is -0.318 e. The monoisotopic (exact) mass is 353 g/mol. The van der Waals surface area contributed by atoms with Crippen molar-refractivity contribution in [3.05, 3.63) is 43.9 Å². The number of hydrogen-bond donors (Lipinski definition) is 2. The van der Waals surface area contributed by atoms with Crippen molar-refractivity contribution in [3.8, 4) is 0 Å². The van der Waals surface area contributed by atoms with Gasteiger partial charge >= 0.3 is 0 Å².